The largest absolute Gasteiger partial charge is 0.488 e. The van der Waals surface area contributed by atoms with E-state index in [0.29, 0.717) is 16.3 Å². The number of hydrogen-bond acceptors (Lipinski definition) is 4. The van der Waals surface area contributed by atoms with Crippen LogP contribution in [0, 0.1) is 15.9 Å². The highest BCUT2D eigenvalue weighted by molar-refractivity contribution is 6.30. The van der Waals surface area contributed by atoms with Crippen LogP contribution in [0.15, 0.2) is 36.4 Å². The number of benzene rings is 2. The van der Waals surface area contributed by atoms with Crippen LogP contribution in [0.2, 0.25) is 5.02 Å². The molecule has 0 aliphatic heterocycles. The molecule has 110 valence electrons. The molecule has 21 heavy (non-hydrogen) atoms. The number of rotatable bonds is 5. The molecule has 0 saturated heterocycles. The van der Waals surface area contributed by atoms with E-state index in [1.54, 1.807) is 18.2 Å². The average Bonchev–Trinajstić information content (AvgIpc) is 2.46. The van der Waals surface area contributed by atoms with E-state index in [-0.39, 0.29) is 18.7 Å². The van der Waals surface area contributed by atoms with Crippen molar-refractivity contribution in [2.24, 2.45) is 5.73 Å². The van der Waals surface area contributed by atoms with Crippen molar-refractivity contribution in [3.8, 4) is 5.75 Å². The molecular weight excluding hydrogens is 299 g/mol. The third-order valence-electron chi connectivity index (χ3n) is 2.88. The average molecular weight is 311 g/mol. The van der Waals surface area contributed by atoms with Crippen LogP contribution >= 0.6 is 11.6 Å². The van der Waals surface area contributed by atoms with Gasteiger partial charge >= 0.3 is 5.69 Å². The number of nitro groups is 1. The topological polar surface area (TPSA) is 78.4 Å². The fourth-order valence-corrected chi connectivity index (χ4v) is 2.02. The van der Waals surface area contributed by atoms with Gasteiger partial charge in [0.1, 0.15) is 12.4 Å². The zero-order valence-corrected chi connectivity index (χ0v) is 11.6. The highest BCUT2D eigenvalue weighted by atomic mass is 35.5. The van der Waals surface area contributed by atoms with Gasteiger partial charge in [-0.1, -0.05) is 23.7 Å². The van der Waals surface area contributed by atoms with E-state index in [1.807, 2.05) is 0 Å². The summed E-state index contributed by atoms with van der Waals surface area (Å²) in [5, 5.41) is 11.2. The van der Waals surface area contributed by atoms with Crippen LogP contribution in [0.25, 0.3) is 0 Å². The Balaban J connectivity index is 2.21. The number of nitrogens with zero attached hydrogens (tertiary/aromatic N) is 1. The van der Waals surface area contributed by atoms with Crippen LogP contribution in [-0.4, -0.2) is 4.92 Å². The second-order valence-corrected chi connectivity index (χ2v) is 4.69. The Kier molecular flexibility index (Phi) is 4.72. The molecular formula is C14H12ClFN2O3. The molecule has 0 aliphatic rings. The monoisotopic (exact) mass is 310 g/mol. The highest BCUT2D eigenvalue weighted by Crippen LogP contribution is 2.25. The third-order valence-corrected chi connectivity index (χ3v) is 3.12. The lowest BCUT2D eigenvalue weighted by Crippen LogP contribution is -2.05. The van der Waals surface area contributed by atoms with Crippen molar-refractivity contribution in [2.75, 3.05) is 0 Å². The molecule has 0 spiro atoms. The molecule has 2 rings (SSSR count). The van der Waals surface area contributed by atoms with Crippen LogP contribution in [0.4, 0.5) is 10.1 Å². The summed E-state index contributed by atoms with van der Waals surface area (Å²) in [5.41, 5.74) is 5.78. The molecule has 0 radical (unpaired) electrons. The molecule has 0 amide bonds. The summed E-state index contributed by atoms with van der Waals surface area (Å²) in [6, 6.07) is 8.85. The van der Waals surface area contributed by atoms with E-state index in [9.17, 15) is 14.5 Å². The Morgan fingerprint density at radius 1 is 1.29 bits per heavy atom. The molecule has 0 bridgehead atoms. The highest BCUT2D eigenvalue weighted by Gasteiger charge is 2.17. The Hall–Kier alpha value is -2.18. The number of halogens is 2. The van der Waals surface area contributed by atoms with Crippen LogP contribution < -0.4 is 10.5 Å². The Morgan fingerprint density at radius 2 is 2.05 bits per heavy atom. The molecule has 2 aromatic rings. The van der Waals surface area contributed by atoms with E-state index in [0.717, 1.165) is 6.07 Å². The molecule has 2 N–H and O–H groups in total. The van der Waals surface area contributed by atoms with E-state index in [1.165, 1.54) is 12.1 Å². The van der Waals surface area contributed by atoms with E-state index >= 15 is 0 Å². The SMILES string of the molecule is NCc1cc(Cl)ccc1OCc1cccc([N+](=O)[O-])c1F. The molecule has 0 saturated carbocycles. The van der Waals surface area contributed by atoms with Gasteiger partial charge in [0, 0.05) is 28.8 Å². The van der Waals surface area contributed by atoms with Crippen molar-refractivity contribution < 1.29 is 14.1 Å². The first-order valence-electron chi connectivity index (χ1n) is 6.06. The third kappa shape index (κ3) is 3.48. The molecule has 5 nitrogen and oxygen atoms in total. The fraction of sp³-hybridized carbons (Fsp3) is 0.143. The van der Waals surface area contributed by atoms with Crippen molar-refractivity contribution >= 4 is 17.3 Å². The normalized spacial score (nSPS) is 10.4. The van der Waals surface area contributed by atoms with E-state index in [2.05, 4.69) is 0 Å². The molecule has 0 atom stereocenters. The zero-order chi connectivity index (χ0) is 15.4. The first kappa shape index (κ1) is 15.2. The summed E-state index contributed by atoms with van der Waals surface area (Å²) in [4.78, 5) is 9.91. The minimum absolute atomic E-state index is 0.0992. The van der Waals surface area contributed by atoms with E-state index in [4.69, 9.17) is 22.1 Å². The Morgan fingerprint density at radius 3 is 2.71 bits per heavy atom. The van der Waals surface area contributed by atoms with Crippen molar-refractivity contribution in [1.82, 2.24) is 0 Å². The van der Waals surface area contributed by atoms with Crippen molar-refractivity contribution in [2.45, 2.75) is 13.2 Å². The first-order valence-corrected chi connectivity index (χ1v) is 6.43. The van der Waals surface area contributed by atoms with Gasteiger partial charge < -0.3 is 10.5 Å². The summed E-state index contributed by atoms with van der Waals surface area (Å²) in [5.74, 6) is -0.432. The molecule has 7 heteroatoms. The van der Waals surface area contributed by atoms with Crippen LogP contribution in [0.1, 0.15) is 11.1 Å². The van der Waals surface area contributed by atoms with Crippen LogP contribution in [0.3, 0.4) is 0 Å². The van der Waals surface area contributed by atoms with Crippen LogP contribution in [-0.2, 0) is 13.2 Å². The summed E-state index contributed by atoms with van der Waals surface area (Å²) < 4.78 is 19.4. The van der Waals surface area contributed by atoms with Gasteiger partial charge in [-0.15, -0.1) is 0 Å². The predicted octanol–water partition coefficient (Wildman–Crippen LogP) is 3.43. The van der Waals surface area contributed by atoms with Gasteiger partial charge in [0.05, 0.1) is 4.92 Å². The Bertz CT molecular complexity index is 679. The maximum atomic E-state index is 13.9. The molecule has 0 aromatic heterocycles. The predicted molar refractivity (Wildman–Crippen MR) is 76.7 cm³/mol. The lowest BCUT2D eigenvalue weighted by Gasteiger charge is -2.11. The van der Waals surface area contributed by atoms with Gasteiger partial charge in [-0.25, -0.2) is 0 Å². The minimum atomic E-state index is -0.897. The number of hydrogen-bond donors (Lipinski definition) is 1. The maximum absolute atomic E-state index is 13.9. The lowest BCUT2D eigenvalue weighted by molar-refractivity contribution is -0.387. The van der Waals surface area contributed by atoms with Crippen LogP contribution in [0.5, 0.6) is 5.75 Å². The van der Waals surface area contributed by atoms with Gasteiger partial charge in [0.2, 0.25) is 5.82 Å². The van der Waals surface area contributed by atoms with Crippen molar-refractivity contribution in [3.05, 3.63) is 68.5 Å². The standard InChI is InChI=1S/C14H12ClFN2O3/c15-11-4-5-13(10(6-11)7-17)21-8-9-2-1-3-12(14(9)16)18(19)20/h1-6H,7-8,17H2. The molecule has 0 heterocycles. The molecule has 0 fully saturated rings. The quantitative estimate of drug-likeness (QED) is 0.678. The van der Waals surface area contributed by atoms with Gasteiger partial charge in [-0.05, 0) is 18.2 Å². The lowest BCUT2D eigenvalue weighted by atomic mass is 10.2. The maximum Gasteiger partial charge on any atom is 0.305 e. The summed E-state index contributed by atoms with van der Waals surface area (Å²) >= 11 is 5.85. The van der Waals surface area contributed by atoms with Gasteiger partial charge in [0.25, 0.3) is 0 Å². The summed E-state index contributed by atoms with van der Waals surface area (Å²) in [6.45, 7) is 0.0788. The number of nitro benzene ring substituents is 1. The second kappa shape index (κ2) is 6.51. The molecule has 2 aromatic carbocycles. The fourth-order valence-electron chi connectivity index (χ4n) is 1.82. The van der Waals surface area contributed by atoms with Crippen molar-refractivity contribution in [3.63, 3.8) is 0 Å². The minimum Gasteiger partial charge on any atom is -0.488 e. The first-order chi connectivity index (χ1) is 10.0. The summed E-state index contributed by atoms with van der Waals surface area (Å²) in [7, 11) is 0. The van der Waals surface area contributed by atoms with Crippen molar-refractivity contribution in [1.29, 1.82) is 0 Å². The second-order valence-electron chi connectivity index (χ2n) is 4.25. The molecule has 0 unspecified atom stereocenters. The van der Waals surface area contributed by atoms with Gasteiger partial charge in [-0.2, -0.15) is 4.39 Å². The van der Waals surface area contributed by atoms with Gasteiger partial charge in [-0.3, -0.25) is 10.1 Å². The summed E-state index contributed by atoms with van der Waals surface area (Å²) in [6.07, 6.45) is 0. The number of ether oxygens (including phenoxy) is 1. The molecule has 0 aliphatic carbocycles. The Labute approximate surface area is 125 Å². The smallest absolute Gasteiger partial charge is 0.305 e. The van der Waals surface area contributed by atoms with Gasteiger partial charge in [0.15, 0.2) is 0 Å². The zero-order valence-electron chi connectivity index (χ0n) is 10.9. The van der Waals surface area contributed by atoms with E-state index < -0.39 is 16.4 Å². The number of nitrogens with two attached hydrogens (primary N) is 1.